The first-order chi connectivity index (χ1) is 9.41. The van der Waals surface area contributed by atoms with Gasteiger partial charge in [0.15, 0.2) is 0 Å². The maximum Gasteiger partial charge on any atom is 0.0471 e. The number of rotatable bonds is 8. The quantitative estimate of drug-likeness (QED) is 0.756. The van der Waals surface area contributed by atoms with Crippen LogP contribution in [0.5, 0.6) is 0 Å². The van der Waals surface area contributed by atoms with Gasteiger partial charge in [0.05, 0.1) is 0 Å². The number of nitrogens with zero attached hydrogens (tertiary/aromatic N) is 1. The molecular formula is C17H29ClN2. The van der Waals surface area contributed by atoms with Gasteiger partial charge in [-0.15, -0.1) is 0 Å². The molecule has 1 rings (SSSR count). The number of anilines is 1. The first kappa shape index (κ1) is 17.3. The summed E-state index contributed by atoms with van der Waals surface area (Å²) in [4.78, 5) is 2.32. The van der Waals surface area contributed by atoms with Crippen LogP contribution < -0.4 is 10.2 Å². The van der Waals surface area contributed by atoms with Gasteiger partial charge in [0.2, 0.25) is 0 Å². The van der Waals surface area contributed by atoms with E-state index in [9.17, 15) is 0 Å². The Kier molecular flexibility index (Phi) is 7.39. The molecule has 0 atom stereocenters. The van der Waals surface area contributed by atoms with E-state index in [-0.39, 0.29) is 0 Å². The lowest BCUT2D eigenvalue weighted by atomic mass is 10.1. The van der Waals surface area contributed by atoms with Crippen LogP contribution in [0.25, 0.3) is 0 Å². The molecule has 0 radical (unpaired) electrons. The van der Waals surface area contributed by atoms with Gasteiger partial charge in [0, 0.05) is 36.4 Å². The molecule has 1 N–H and O–H groups in total. The molecular weight excluding hydrogens is 268 g/mol. The summed E-state index contributed by atoms with van der Waals surface area (Å²) in [5.74, 6) is 1.37. The van der Waals surface area contributed by atoms with Crippen LogP contribution in [0, 0.1) is 11.8 Å². The van der Waals surface area contributed by atoms with Crippen molar-refractivity contribution in [2.24, 2.45) is 11.8 Å². The molecule has 0 bridgehead atoms. The number of halogens is 1. The molecule has 2 nitrogen and oxygen atoms in total. The molecule has 0 spiro atoms. The lowest BCUT2D eigenvalue weighted by molar-refractivity contribution is 0.551. The Morgan fingerprint density at radius 3 is 2.45 bits per heavy atom. The van der Waals surface area contributed by atoms with Gasteiger partial charge in [0.25, 0.3) is 0 Å². The van der Waals surface area contributed by atoms with Crippen molar-refractivity contribution >= 4 is 17.3 Å². The van der Waals surface area contributed by atoms with Gasteiger partial charge >= 0.3 is 0 Å². The summed E-state index contributed by atoms with van der Waals surface area (Å²) in [6.45, 7) is 11.9. The maximum absolute atomic E-state index is 6.38. The van der Waals surface area contributed by atoms with Crippen LogP contribution in [-0.4, -0.2) is 20.1 Å². The summed E-state index contributed by atoms with van der Waals surface area (Å²) in [7, 11) is 2.15. The fourth-order valence-corrected chi connectivity index (χ4v) is 2.37. The third kappa shape index (κ3) is 5.72. The molecule has 114 valence electrons. The normalized spacial score (nSPS) is 11.4. The molecule has 3 heteroatoms. The Bertz CT molecular complexity index is 402. The fourth-order valence-electron chi connectivity index (χ4n) is 2.14. The highest BCUT2D eigenvalue weighted by atomic mass is 35.5. The van der Waals surface area contributed by atoms with E-state index in [1.54, 1.807) is 0 Å². The van der Waals surface area contributed by atoms with E-state index < -0.39 is 0 Å². The monoisotopic (exact) mass is 296 g/mol. The molecule has 0 fully saturated rings. The van der Waals surface area contributed by atoms with Crippen LogP contribution in [0.4, 0.5) is 5.69 Å². The molecule has 1 aromatic carbocycles. The van der Waals surface area contributed by atoms with Gasteiger partial charge in [-0.2, -0.15) is 0 Å². The molecule has 0 aliphatic heterocycles. The molecule has 0 saturated heterocycles. The Balaban J connectivity index is 2.76. The molecule has 20 heavy (non-hydrogen) atoms. The van der Waals surface area contributed by atoms with Gasteiger partial charge in [-0.25, -0.2) is 0 Å². The molecule has 1 aromatic rings. The Labute approximate surface area is 129 Å². The highest BCUT2D eigenvalue weighted by Gasteiger charge is 2.11. The van der Waals surface area contributed by atoms with Gasteiger partial charge in [-0.05, 0) is 36.9 Å². The van der Waals surface area contributed by atoms with E-state index >= 15 is 0 Å². The van der Waals surface area contributed by atoms with Crippen LogP contribution in [0.3, 0.4) is 0 Å². The standard InChI is InChI=1S/C17H29ClN2/c1-13(2)9-10-20(5)17-8-6-7-16(18)15(17)12-19-11-14(3)4/h6-8,13-14,19H,9-12H2,1-5H3. The Morgan fingerprint density at radius 1 is 1.15 bits per heavy atom. The van der Waals surface area contributed by atoms with E-state index in [0.29, 0.717) is 5.92 Å². The molecule has 0 heterocycles. The smallest absolute Gasteiger partial charge is 0.0471 e. The second-order valence-corrected chi connectivity index (χ2v) is 6.77. The largest absolute Gasteiger partial charge is 0.374 e. The van der Waals surface area contributed by atoms with Crippen molar-refractivity contribution in [2.45, 2.75) is 40.7 Å². The molecule has 0 aliphatic carbocycles. The number of hydrogen-bond donors (Lipinski definition) is 1. The van der Waals surface area contributed by atoms with E-state index in [0.717, 1.165) is 30.6 Å². The van der Waals surface area contributed by atoms with Crippen LogP contribution in [0.1, 0.15) is 39.7 Å². The zero-order valence-electron chi connectivity index (χ0n) is 13.5. The fraction of sp³-hybridized carbons (Fsp3) is 0.647. The summed E-state index contributed by atoms with van der Waals surface area (Å²) in [5, 5.41) is 4.35. The van der Waals surface area contributed by atoms with Crippen LogP contribution >= 0.6 is 11.6 Å². The van der Waals surface area contributed by atoms with Crippen molar-refractivity contribution in [3.8, 4) is 0 Å². The van der Waals surface area contributed by atoms with Gasteiger partial charge in [-0.3, -0.25) is 0 Å². The lowest BCUT2D eigenvalue weighted by Gasteiger charge is -2.24. The van der Waals surface area contributed by atoms with E-state index in [2.05, 4.69) is 51.0 Å². The average molecular weight is 297 g/mol. The Morgan fingerprint density at radius 2 is 1.85 bits per heavy atom. The minimum atomic E-state index is 0.652. The van der Waals surface area contributed by atoms with Crippen molar-refractivity contribution in [3.05, 3.63) is 28.8 Å². The van der Waals surface area contributed by atoms with Gasteiger partial charge in [-0.1, -0.05) is 45.4 Å². The number of nitrogens with one attached hydrogen (secondary N) is 1. The average Bonchev–Trinajstić information content (AvgIpc) is 2.37. The first-order valence-corrected chi connectivity index (χ1v) is 7.98. The van der Waals surface area contributed by atoms with Crippen LogP contribution in [0.2, 0.25) is 5.02 Å². The highest BCUT2D eigenvalue weighted by Crippen LogP contribution is 2.27. The third-order valence-corrected chi connectivity index (χ3v) is 3.76. The maximum atomic E-state index is 6.38. The minimum absolute atomic E-state index is 0.652. The highest BCUT2D eigenvalue weighted by molar-refractivity contribution is 6.31. The van der Waals surface area contributed by atoms with E-state index in [1.165, 1.54) is 17.7 Å². The Hall–Kier alpha value is -0.730. The zero-order valence-corrected chi connectivity index (χ0v) is 14.3. The predicted molar refractivity (Wildman–Crippen MR) is 90.7 cm³/mol. The summed E-state index contributed by atoms with van der Waals surface area (Å²) in [6.07, 6.45) is 1.20. The number of benzene rings is 1. The van der Waals surface area contributed by atoms with Crippen LogP contribution in [0.15, 0.2) is 18.2 Å². The van der Waals surface area contributed by atoms with Crippen molar-refractivity contribution in [1.82, 2.24) is 5.32 Å². The lowest BCUT2D eigenvalue weighted by Crippen LogP contribution is -2.24. The SMILES string of the molecule is CC(C)CCN(C)c1cccc(Cl)c1CNCC(C)C. The van der Waals surface area contributed by atoms with E-state index in [1.807, 2.05) is 12.1 Å². The van der Waals surface area contributed by atoms with Crippen molar-refractivity contribution in [1.29, 1.82) is 0 Å². The van der Waals surface area contributed by atoms with Crippen molar-refractivity contribution in [2.75, 3.05) is 25.0 Å². The summed E-state index contributed by atoms with van der Waals surface area (Å²) in [6, 6.07) is 6.18. The summed E-state index contributed by atoms with van der Waals surface area (Å²) >= 11 is 6.38. The molecule has 0 aromatic heterocycles. The third-order valence-electron chi connectivity index (χ3n) is 3.40. The van der Waals surface area contributed by atoms with Crippen molar-refractivity contribution < 1.29 is 0 Å². The van der Waals surface area contributed by atoms with E-state index in [4.69, 9.17) is 11.6 Å². The summed E-state index contributed by atoms with van der Waals surface area (Å²) in [5.41, 5.74) is 2.45. The van der Waals surface area contributed by atoms with Gasteiger partial charge < -0.3 is 10.2 Å². The summed E-state index contributed by atoms with van der Waals surface area (Å²) < 4.78 is 0. The van der Waals surface area contributed by atoms with Gasteiger partial charge in [0.1, 0.15) is 0 Å². The molecule has 0 unspecified atom stereocenters. The second kappa shape index (κ2) is 8.53. The first-order valence-electron chi connectivity index (χ1n) is 7.61. The minimum Gasteiger partial charge on any atom is -0.374 e. The zero-order chi connectivity index (χ0) is 15.1. The second-order valence-electron chi connectivity index (χ2n) is 6.37. The number of hydrogen-bond acceptors (Lipinski definition) is 2. The topological polar surface area (TPSA) is 15.3 Å². The molecule has 0 saturated carbocycles. The molecule has 0 amide bonds. The van der Waals surface area contributed by atoms with Crippen LogP contribution in [-0.2, 0) is 6.54 Å². The van der Waals surface area contributed by atoms with Crippen molar-refractivity contribution in [3.63, 3.8) is 0 Å². The predicted octanol–water partition coefficient (Wildman–Crippen LogP) is 4.57. The molecule has 0 aliphatic rings.